The van der Waals surface area contributed by atoms with Gasteiger partial charge in [-0.15, -0.1) is 0 Å². The van der Waals surface area contributed by atoms with Crippen LogP contribution in [0.1, 0.15) is 11.1 Å². The highest BCUT2D eigenvalue weighted by Crippen LogP contribution is 2.27. The van der Waals surface area contributed by atoms with Crippen LogP contribution in [0.15, 0.2) is 46.9 Å². The third kappa shape index (κ3) is 3.84. The van der Waals surface area contributed by atoms with Crippen LogP contribution in [0.25, 0.3) is 0 Å². The van der Waals surface area contributed by atoms with Crippen LogP contribution in [0.5, 0.6) is 0 Å². The number of hydrogen-bond acceptors (Lipinski definition) is 2. The van der Waals surface area contributed by atoms with E-state index in [-0.39, 0.29) is 12.5 Å². The number of rotatable bonds is 4. The largest absolute Gasteiger partial charge is 0.376 e. The lowest BCUT2D eigenvalue weighted by molar-refractivity contribution is -0.114. The summed E-state index contributed by atoms with van der Waals surface area (Å²) >= 11 is 3.49. The van der Waals surface area contributed by atoms with Crippen molar-refractivity contribution in [3.05, 3.63) is 58.1 Å². The third-order valence-electron chi connectivity index (χ3n) is 2.92. The van der Waals surface area contributed by atoms with Gasteiger partial charge in [-0.2, -0.15) is 0 Å². The highest BCUT2D eigenvalue weighted by atomic mass is 79.9. The van der Waals surface area contributed by atoms with E-state index < -0.39 is 0 Å². The van der Waals surface area contributed by atoms with Crippen LogP contribution in [-0.4, -0.2) is 12.5 Å². The molecule has 0 radical (unpaired) electrons. The van der Waals surface area contributed by atoms with Crippen LogP contribution >= 0.6 is 15.9 Å². The molecule has 104 valence electrons. The van der Waals surface area contributed by atoms with Gasteiger partial charge in [0.25, 0.3) is 0 Å². The molecule has 0 aromatic heterocycles. The van der Waals surface area contributed by atoms with Gasteiger partial charge in [-0.25, -0.2) is 0 Å². The molecule has 0 saturated carbocycles. The lowest BCUT2D eigenvalue weighted by Crippen LogP contribution is -2.22. The molecule has 0 aliphatic rings. The Morgan fingerprint density at radius 1 is 1.15 bits per heavy atom. The normalized spacial score (nSPS) is 10.2. The summed E-state index contributed by atoms with van der Waals surface area (Å²) in [7, 11) is 0. The first kappa shape index (κ1) is 14.6. The van der Waals surface area contributed by atoms with Crippen LogP contribution in [0.2, 0.25) is 0 Å². The quantitative estimate of drug-likeness (QED) is 0.884. The lowest BCUT2D eigenvalue weighted by atomic mass is 10.1. The molecule has 20 heavy (non-hydrogen) atoms. The zero-order valence-electron chi connectivity index (χ0n) is 11.5. The van der Waals surface area contributed by atoms with Crippen LogP contribution in [0.3, 0.4) is 0 Å². The maximum atomic E-state index is 12.0. The zero-order valence-corrected chi connectivity index (χ0v) is 13.1. The van der Waals surface area contributed by atoms with Gasteiger partial charge >= 0.3 is 0 Å². The first-order valence-electron chi connectivity index (χ1n) is 6.42. The minimum atomic E-state index is -0.0680. The molecule has 0 unspecified atom stereocenters. The number of aryl methyl sites for hydroxylation is 2. The number of benzene rings is 2. The van der Waals surface area contributed by atoms with Crippen LogP contribution in [-0.2, 0) is 4.79 Å². The van der Waals surface area contributed by atoms with E-state index in [0.29, 0.717) is 0 Å². The zero-order chi connectivity index (χ0) is 14.5. The van der Waals surface area contributed by atoms with Crippen molar-refractivity contribution in [3.8, 4) is 0 Å². The number of carbonyl (C=O) groups excluding carboxylic acids is 1. The van der Waals surface area contributed by atoms with Gasteiger partial charge in [0.15, 0.2) is 0 Å². The van der Waals surface area contributed by atoms with E-state index in [9.17, 15) is 4.79 Å². The van der Waals surface area contributed by atoms with Crippen molar-refractivity contribution >= 4 is 33.2 Å². The van der Waals surface area contributed by atoms with Crippen molar-refractivity contribution < 1.29 is 4.79 Å². The molecule has 0 aliphatic carbocycles. The summed E-state index contributed by atoms with van der Waals surface area (Å²) in [6, 6.07) is 13.7. The number of anilines is 2. The molecule has 2 N–H and O–H groups in total. The van der Waals surface area contributed by atoms with Gasteiger partial charge in [-0.1, -0.05) is 24.3 Å². The highest BCUT2D eigenvalue weighted by Gasteiger charge is 2.08. The van der Waals surface area contributed by atoms with E-state index in [1.807, 2.05) is 56.3 Å². The molecule has 0 bridgehead atoms. The second-order valence-electron chi connectivity index (χ2n) is 4.71. The summed E-state index contributed by atoms with van der Waals surface area (Å²) in [6.07, 6.45) is 0. The van der Waals surface area contributed by atoms with Gasteiger partial charge in [0.2, 0.25) is 5.91 Å². The molecule has 0 saturated heterocycles. The molecule has 1 amide bonds. The third-order valence-corrected chi connectivity index (χ3v) is 3.55. The summed E-state index contributed by atoms with van der Waals surface area (Å²) in [5, 5.41) is 6.02. The van der Waals surface area contributed by atoms with E-state index in [2.05, 4.69) is 26.6 Å². The van der Waals surface area contributed by atoms with E-state index >= 15 is 0 Å². The van der Waals surface area contributed by atoms with E-state index in [0.717, 1.165) is 27.0 Å². The number of halogens is 1. The Bertz CT molecular complexity index is 588. The van der Waals surface area contributed by atoms with Crippen molar-refractivity contribution in [1.29, 1.82) is 0 Å². The molecular formula is C16H17BrN2O. The smallest absolute Gasteiger partial charge is 0.243 e. The van der Waals surface area contributed by atoms with Crippen molar-refractivity contribution in [1.82, 2.24) is 0 Å². The van der Waals surface area contributed by atoms with Gasteiger partial charge in [0, 0.05) is 10.2 Å². The number of para-hydroxylation sites is 1. The molecule has 0 atom stereocenters. The molecule has 0 spiro atoms. The average molecular weight is 333 g/mol. The highest BCUT2D eigenvalue weighted by molar-refractivity contribution is 9.10. The summed E-state index contributed by atoms with van der Waals surface area (Å²) in [4.78, 5) is 12.0. The summed E-state index contributed by atoms with van der Waals surface area (Å²) < 4.78 is 0.906. The molecule has 2 aromatic rings. The van der Waals surface area contributed by atoms with E-state index in [1.54, 1.807) is 0 Å². The van der Waals surface area contributed by atoms with Gasteiger partial charge in [0.1, 0.15) is 0 Å². The minimum Gasteiger partial charge on any atom is -0.376 e. The van der Waals surface area contributed by atoms with E-state index in [1.165, 1.54) is 0 Å². The standard InChI is InChI=1S/C16H17BrN2O/c1-11-8-12(2)16(14(17)9-11)19-15(20)10-18-13-6-4-3-5-7-13/h3-9,18H,10H2,1-2H3,(H,19,20). The SMILES string of the molecule is Cc1cc(C)c(NC(=O)CNc2ccccc2)c(Br)c1. The first-order chi connectivity index (χ1) is 9.56. The van der Waals surface area contributed by atoms with Crippen LogP contribution in [0, 0.1) is 13.8 Å². The Morgan fingerprint density at radius 2 is 1.85 bits per heavy atom. The predicted molar refractivity (Wildman–Crippen MR) is 87.2 cm³/mol. The van der Waals surface area contributed by atoms with Gasteiger partial charge in [0.05, 0.1) is 12.2 Å². The van der Waals surface area contributed by atoms with E-state index in [4.69, 9.17) is 0 Å². The minimum absolute atomic E-state index is 0.0680. The van der Waals surface area contributed by atoms with Gasteiger partial charge in [-0.05, 0) is 59.1 Å². The second kappa shape index (κ2) is 6.57. The second-order valence-corrected chi connectivity index (χ2v) is 5.56. The Morgan fingerprint density at radius 3 is 2.50 bits per heavy atom. The van der Waals surface area contributed by atoms with Crippen LogP contribution < -0.4 is 10.6 Å². The Hall–Kier alpha value is -1.81. The molecule has 0 aliphatic heterocycles. The van der Waals surface area contributed by atoms with Crippen LogP contribution in [0.4, 0.5) is 11.4 Å². The fourth-order valence-corrected chi connectivity index (χ4v) is 2.77. The van der Waals surface area contributed by atoms with Crippen molar-refractivity contribution in [3.63, 3.8) is 0 Å². The van der Waals surface area contributed by atoms with Gasteiger partial charge in [-0.3, -0.25) is 4.79 Å². The molecule has 2 rings (SSSR count). The number of nitrogens with one attached hydrogen (secondary N) is 2. The molecule has 0 fully saturated rings. The van der Waals surface area contributed by atoms with Gasteiger partial charge < -0.3 is 10.6 Å². The maximum Gasteiger partial charge on any atom is 0.243 e. The molecule has 0 heterocycles. The average Bonchev–Trinajstić information content (AvgIpc) is 2.42. The lowest BCUT2D eigenvalue weighted by Gasteiger charge is -2.12. The predicted octanol–water partition coefficient (Wildman–Crippen LogP) is 4.12. The van der Waals surface area contributed by atoms with Crippen molar-refractivity contribution in [2.75, 3.05) is 17.2 Å². The summed E-state index contributed by atoms with van der Waals surface area (Å²) in [6.45, 7) is 4.25. The number of amides is 1. The van der Waals surface area contributed by atoms with Crippen molar-refractivity contribution in [2.45, 2.75) is 13.8 Å². The summed E-state index contributed by atoms with van der Waals surface area (Å²) in [5.41, 5.74) is 3.97. The van der Waals surface area contributed by atoms with Crippen molar-refractivity contribution in [2.24, 2.45) is 0 Å². The maximum absolute atomic E-state index is 12.0. The molecule has 3 nitrogen and oxygen atoms in total. The Labute approximate surface area is 127 Å². The Kier molecular flexibility index (Phi) is 4.79. The molecular weight excluding hydrogens is 316 g/mol. The fourth-order valence-electron chi connectivity index (χ4n) is 2.00. The monoisotopic (exact) mass is 332 g/mol. The Balaban J connectivity index is 1.98. The summed E-state index contributed by atoms with van der Waals surface area (Å²) in [5.74, 6) is -0.0680. The molecule has 2 aromatic carbocycles. The molecule has 4 heteroatoms. The first-order valence-corrected chi connectivity index (χ1v) is 7.21. The number of hydrogen-bond donors (Lipinski definition) is 2. The number of carbonyl (C=O) groups is 1. The topological polar surface area (TPSA) is 41.1 Å². The fraction of sp³-hybridized carbons (Fsp3) is 0.188.